The van der Waals surface area contributed by atoms with Gasteiger partial charge in [-0.1, -0.05) is 24.3 Å². The van der Waals surface area contributed by atoms with Gasteiger partial charge in [-0.25, -0.2) is 5.10 Å². The Bertz CT molecular complexity index is 959. The van der Waals surface area contributed by atoms with Gasteiger partial charge in [-0.3, -0.25) is 0 Å². The average molecular weight is 354 g/mol. The van der Waals surface area contributed by atoms with E-state index in [1.807, 2.05) is 44.2 Å². The molecular formula is C18H18N4O2S. The van der Waals surface area contributed by atoms with E-state index in [1.165, 1.54) is 4.68 Å². The Labute approximate surface area is 150 Å². The maximum atomic E-state index is 9.54. The maximum Gasteiger partial charge on any atom is 0.216 e. The number of rotatable bonds is 5. The highest BCUT2D eigenvalue weighted by atomic mass is 32.1. The van der Waals surface area contributed by atoms with Crippen molar-refractivity contribution < 1.29 is 9.84 Å². The number of nitrogens with zero attached hydrogens (tertiary/aromatic N) is 3. The molecule has 0 aliphatic heterocycles. The van der Waals surface area contributed by atoms with Crippen LogP contribution in [-0.4, -0.2) is 32.3 Å². The van der Waals surface area contributed by atoms with Crippen molar-refractivity contribution in [1.82, 2.24) is 14.9 Å². The third-order valence-electron chi connectivity index (χ3n) is 3.31. The quantitative estimate of drug-likeness (QED) is 0.537. The largest absolute Gasteiger partial charge is 0.508 e. The predicted octanol–water partition coefficient (Wildman–Crippen LogP) is 3.98. The van der Waals surface area contributed by atoms with Crippen LogP contribution in [0.3, 0.4) is 0 Å². The van der Waals surface area contributed by atoms with Crippen molar-refractivity contribution in [2.45, 2.75) is 20.0 Å². The van der Waals surface area contributed by atoms with Gasteiger partial charge in [0, 0.05) is 5.56 Å². The summed E-state index contributed by atoms with van der Waals surface area (Å²) in [5, 5.41) is 20.9. The first-order chi connectivity index (χ1) is 12.0. The molecule has 2 aromatic carbocycles. The van der Waals surface area contributed by atoms with Gasteiger partial charge in [0.05, 0.1) is 12.3 Å². The molecule has 0 fully saturated rings. The number of aromatic hydroxyl groups is 1. The molecule has 7 heteroatoms. The zero-order valence-corrected chi connectivity index (χ0v) is 14.7. The Kier molecular flexibility index (Phi) is 4.95. The number of ether oxygens (including phenoxy) is 1. The molecule has 0 spiro atoms. The van der Waals surface area contributed by atoms with E-state index >= 15 is 0 Å². The molecule has 0 aliphatic rings. The molecular weight excluding hydrogens is 336 g/mol. The number of H-pyrrole nitrogens is 1. The van der Waals surface area contributed by atoms with Gasteiger partial charge >= 0.3 is 0 Å². The third-order valence-corrected chi connectivity index (χ3v) is 3.57. The highest BCUT2D eigenvalue weighted by molar-refractivity contribution is 7.71. The monoisotopic (exact) mass is 354 g/mol. The molecule has 3 rings (SSSR count). The number of nitrogens with one attached hydrogen (secondary N) is 1. The predicted molar refractivity (Wildman–Crippen MR) is 99.7 cm³/mol. The fraction of sp³-hybridized carbons (Fsp3) is 0.167. The Morgan fingerprint density at radius 1 is 1.24 bits per heavy atom. The number of aromatic nitrogens is 3. The molecule has 3 aromatic rings. The van der Waals surface area contributed by atoms with Gasteiger partial charge in [0.15, 0.2) is 5.82 Å². The number of benzene rings is 2. The van der Waals surface area contributed by atoms with Gasteiger partial charge in [0.1, 0.15) is 11.5 Å². The molecule has 6 nitrogen and oxygen atoms in total. The average Bonchev–Trinajstić information content (AvgIpc) is 2.93. The van der Waals surface area contributed by atoms with E-state index in [0.29, 0.717) is 10.6 Å². The normalized spacial score (nSPS) is 11.3. The van der Waals surface area contributed by atoms with Crippen LogP contribution in [-0.2, 0) is 0 Å². The molecule has 0 saturated heterocycles. The van der Waals surface area contributed by atoms with Gasteiger partial charge in [-0.2, -0.15) is 14.9 Å². The summed E-state index contributed by atoms with van der Waals surface area (Å²) in [5.41, 5.74) is 1.59. The molecule has 0 bridgehead atoms. The second-order valence-corrected chi connectivity index (χ2v) is 6.08. The lowest BCUT2D eigenvalue weighted by Gasteiger charge is -2.10. The molecule has 128 valence electrons. The minimum atomic E-state index is 0.0832. The highest BCUT2D eigenvalue weighted by Gasteiger charge is 2.09. The van der Waals surface area contributed by atoms with E-state index in [2.05, 4.69) is 15.3 Å². The van der Waals surface area contributed by atoms with Gasteiger partial charge in [-0.15, -0.1) is 0 Å². The van der Waals surface area contributed by atoms with Crippen LogP contribution in [0.4, 0.5) is 0 Å². The van der Waals surface area contributed by atoms with Crippen molar-refractivity contribution in [2.75, 3.05) is 0 Å². The van der Waals surface area contributed by atoms with Crippen LogP contribution in [0.1, 0.15) is 19.4 Å². The van der Waals surface area contributed by atoms with Crippen LogP contribution in [0.5, 0.6) is 11.5 Å². The lowest BCUT2D eigenvalue weighted by atomic mass is 10.2. The number of aromatic amines is 1. The molecule has 2 N–H and O–H groups in total. The van der Waals surface area contributed by atoms with Crippen molar-refractivity contribution in [3.63, 3.8) is 0 Å². The number of hydrogen-bond acceptors (Lipinski definition) is 5. The smallest absolute Gasteiger partial charge is 0.216 e. The molecule has 1 heterocycles. The van der Waals surface area contributed by atoms with Crippen LogP contribution < -0.4 is 4.74 Å². The zero-order chi connectivity index (χ0) is 17.8. The first-order valence-corrected chi connectivity index (χ1v) is 8.21. The molecule has 0 aliphatic carbocycles. The summed E-state index contributed by atoms with van der Waals surface area (Å²) in [6, 6.07) is 14.4. The van der Waals surface area contributed by atoms with E-state index in [-0.39, 0.29) is 11.9 Å². The summed E-state index contributed by atoms with van der Waals surface area (Å²) in [7, 11) is 0. The fourth-order valence-electron chi connectivity index (χ4n) is 2.30. The SMILES string of the molecule is CC(C)Oc1cccc(-c2n[nH]c(=S)n2N=Cc2cccc(O)c2)c1. The van der Waals surface area contributed by atoms with Gasteiger partial charge in [0.2, 0.25) is 4.77 Å². The maximum absolute atomic E-state index is 9.54. The van der Waals surface area contributed by atoms with Crippen LogP contribution in [0.2, 0.25) is 0 Å². The van der Waals surface area contributed by atoms with E-state index in [4.69, 9.17) is 17.0 Å². The second-order valence-electron chi connectivity index (χ2n) is 5.70. The minimum absolute atomic E-state index is 0.0832. The van der Waals surface area contributed by atoms with Crippen molar-refractivity contribution in [2.24, 2.45) is 5.10 Å². The lowest BCUT2D eigenvalue weighted by molar-refractivity contribution is 0.242. The van der Waals surface area contributed by atoms with Gasteiger partial charge in [-0.05, 0) is 55.9 Å². The number of phenols is 1. The summed E-state index contributed by atoms with van der Waals surface area (Å²) >= 11 is 5.27. The topological polar surface area (TPSA) is 75.4 Å². The molecule has 1 aromatic heterocycles. The summed E-state index contributed by atoms with van der Waals surface area (Å²) < 4.78 is 7.64. The summed E-state index contributed by atoms with van der Waals surface area (Å²) in [6.45, 7) is 3.95. The van der Waals surface area contributed by atoms with Crippen LogP contribution in [0.15, 0.2) is 53.6 Å². The molecule has 0 atom stereocenters. The minimum Gasteiger partial charge on any atom is -0.508 e. The zero-order valence-electron chi connectivity index (χ0n) is 13.9. The highest BCUT2D eigenvalue weighted by Crippen LogP contribution is 2.23. The van der Waals surface area contributed by atoms with Crippen LogP contribution in [0, 0.1) is 4.77 Å². The second kappa shape index (κ2) is 7.31. The Morgan fingerprint density at radius 2 is 2.04 bits per heavy atom. The van der Waals surface area contributed by atoms with Crippen molar-refractivity contribution >= 4 is 18.4 Å². The van der Waals surface area contributed by atoms with Gasteiger partial charge in [0.25, 0.3) is 0 Å². The van der Waals surface area contributed by atoms with E-state index < -0.39 is 0 Å². The van der Waals surface area contributed by atoms with Gasteiger partial charge < -0.3 is 9.84 Å². The molecule has 0 saturated carbocycles. The standard InChI is InChI=1S/C18H18N4O2S/c1-12(2)24-16-8-4-6-14(10-16)17-20-21-18(25)22(17)19-11-13-5-3-7-15(23)9-13/h3-12,23H,1-2H3,(H,21,25). The third kappa shape index (κ3) is 4.13. The summed E-state index contributed by atoms with van der Waals surface area (Å²) in [5.74, 6) is 1.51. The number of phenolic OH excluding ortho intramolecular Hbond substituents is 1. The first-order valence-electron chi connectivity index (χ1n) is 7.81. The molecule has 0 unspecified atom stereocenters. The Balaban J connectivity index is 1.96. The lowest BCUT2D eigenvalue weighted by Crippen LogP contribution is -2.05. The Hall–Kier alpha value is -2.93. The fourth-order valence-corrected chi connectivity index (χ4v) is 2.48. The Morgan fingerprint density at radius 3 is 2.80 bits per heavy atom. The van der Waals surface area contributed by atoms with E-state index in [1.54, 1.807) is 24.4 Å². The number of hydrogen-bond donors (Lipinski definition) is 2. The molecule has 25 heavy (non-hydrogen) atoms. The van der Waals surface area contributed by atoms with Crippen molar-refractivity contribution in [3.8, 4) is 22.9 Å². The van der Waals surface area contributed by atoms with E-state index in [0.717, 1.165) is 16.9 Å². The van der Waals surface area contributed by atoms with Crippen LogP contribution >= 0.6 is 12.2 Å². The van der Waals surface area contributed by atoms with E-state index in [9.17, 15) is 5.11 Å². The first kappa shape index (κ1) is 16.9. The summed E-state index contributed by atoms with van der Waals surface area (Å²) in [4.78, 5) is 0. The van der Waals surface area contributed by atoms with Crippen molar-refractivity contribution in [1.29, 1.82) is 0 Å². The molecule has 0 radical (unpaired) electrons. The van der Waals surface area contributed by atoms with Crippen LogP contribution in [0.25, 0.3) is 11.4 Å². The molecule has 0 amide bonds. The summed E-state index contributed by atoms with van der Waals surface area (Å²) in [6.07, 6.45) is 1.70. The van der Waals surface area contributed by atoms with Crippen molar-refractivity contribution in [3.05, 3.63) is 58.9 Å².